The molecule has 2 aromatic heterocycles. The lowest BCUT2D eigenvalue weighted by molar-refractivity contribution is 0.0696. The molecule has 1 aromatic carbocycles. The first kappa shape index (κ1) is 19.1. The number of rotatable bonds is 2. The Balaban J connectivity index is 1.76. The molecule has 0 saturated heterocycles. The number of aliphatic hydroxyl groups is 1. The van der Waals surface area contributed by atoms with Crippen molar-refractivity contribution in [3.05, 3.63) is 63.7 Å². The van der Waals surface area contributed by atoms with Crippen molar-refractivity contribution in [1.82, 2.24) is 9.97 Å². The summed E-state index contributed by atoms with van der Waals surface area (Å²) in [5.41, 5.74) is 1.05. The Hall–Kier alpha value is -3.21. The van der Waals surface area contributed by atoms with Crippen LogP contribution < -0.4 is 4.74 Å². The van der Waals surface area contributed by atoms with Gasteiger partial charge in [-0.15, -0.1) is 11.3 Å². The highest BCUT2D eigenvalue weighted by Gasteiger charge is 2.27. The highest BCUT2D eigenvalue weighted by Crippen LogP contribution is 2.42. The number of aromatic carboxylic acids is 1. The minimum atomic E-state index is -1.40. The molecule has 0 bridgehead atoms. The predicted molar refractivity (Wildman–Crippen MR) is 109 cm³/mol. The van der Waals surface area contributed by atoms with Gasteiger partial charge in [0, 0.05) is 28.1 Å². The van der Waals surface area contributed by atoms with E-state index in [4.69, 9.17) is 4.74 Å². The van der Waals surface area contributed by atoms with Crippen molar-refractivity contribution >= 4 is 17.3 Å². The maximum Gasteiger partial charge on any atom is 0.365 e. The van der Waals surface area contributed by atoms with E-state index in [-0.39, 0.29) is 10.9 Å². The zero-order valence-electron chi connectivity index (χ0n) is 15.8. The van der Waals surface area contributed by atoms with E-state index in [0.717, 1.165) is 4.88 Å². The van der Waals surface area contributed by atoms with Crippen molar-refractivity contribution in [2.45, 2.75) is 25.4 Å². The molecule has 0 saturated carbocycles. The van der Waals surface area contributed by atoms with Gasteiger partial charge in [-0.3, -0.25) is 4.98 Å². The summed E-state index contributed by atoms with van der Waals surface area (Å²) in [5.74, 6) is 5.48. The number of carboxylic acids is 1. The van der Waals surface area contributed by atoms with Crippen LogP contribution in [0.4, 0.5) is 0 Å². The summed E-state index contributed by atoms with van der Waals surface area (Å²) >= 11 is 1.17. The van der Waals surface area contributed by atoms with Crippen molar-refractivity contribution in [1.29, 1.82) is 0 Å². The molecule has 2 atom stereocenters. The van der Waals surface area contributed by atoms with E-state index in [1.165, 1.54) is 11.3 Å². The van der Waals surface area contributed by atoms with Gasteiger partial charge in [0.05, 0.1) is 18.0 Å². The van der Waals surface area contributed by atoms with E-state index in [1.807, 2.05) is 13.0 Å². The van der Waals surface area contributed by atoms with Crippen LogP contribution in [0.15, 0.2) is 42.6 Å². The predicted octanol–water partition coefficient (Wildman–Crippen LogP) is 3.66. The average molecular weight is 406 g/mol. The molecule has 1 aliphatic rings. The number of aromatic nitrogens is 2. The molecule has 2 N–H and O–H groups in total. The van der Waals surface area contributed by atoms with Gasteiger partial charge in [0.25, 0.3) is 0 Å². The number of carboxylic acid groups (broad SMARTS) is 1. The molecule has 146 valence electrons. The van der Waals surface area contributed by atoms with Crippen LogP contribution in [0.5, 0.6) is 5.75 Å². The zero-order valence-corrected chi connectivity index (χ0v) is 16.7. The number of ether oxygens (including phenoxy) is 1. The topological polar surface area (TPSA) is 92.5 Å². The normalized spacial score (nSPS) is 16.9. The Morgan fingerprint density at radius 3 is 2.90 bits per heavy atom. The van der Waals surface area contributed by atoms with Crippen LogP contribution in [0.3, 0.4) is 0 Å². The monoisotopic (exact) mass is 406 g/mol. The van der Waals surface area contributed by atoms with E-state index in [1.54, 1.807) is 43.5 Å². The smallest absolute Gasteiger partial charge is 0.365 e. The fraction of sp³-hybridized carbons (Fsp3) is 0.227. The van der Waals surface area contributed by atoms with Crippen LogP contribution in [-0.2, 0) is 5.60 Å². The van der Waals surface area contributed by atoms with E-state index in [2.05, 4.69) is 21.8 Å². The first-order chi connectivity index (χ1) is 13.8. The molecule has 0 amide bonds. The minimum Gasteiger partial charge on any atom is -0.492 e. The Bertz CT molecular complexity index is 1140. The van der Waals surface area contributed by atoms with E-state index < -0.39 is 11.6 Å². The SMILES string of the molecule is CC1COc2ccc(C#C[C@@](C)(O)c3ccccn3)cc2-c2nc(C(=O)O)sc21. The van der Waals surface area contributed by atoms with Crippen molar-refractivity contribution < 1.29 is 19.7 Å². The molecule has 0 spiro atoms. The molecule has 0 aliphatic carbocycles. The van der Waals surface area contributed by atoms with Gasteiger partial charge in [-0.2, -0.15) is 0 Å². The summed E-state index contributed by atoms with van der Waals surface area (Å²) < 4.78 is 5.88. The van der Waals surface area contributed by atoms with Crippen molar-refractivity contribution in [3.8, 4) is 28.8 Å². The summed E-state index contributed by atoms with van der Waals surface area (Å²) in [7, 11) is 0. The Morgan fingerprint density at radius 1 is 1.34 bits per heavy atom. The summed E-state index contributed by atoms with van der Waals surface area (Å²) in [6.45, 7) is 4.02. The highest BCUT2D eigenvalue weighted by atomic mass is 32.1. The van der Waals surface area contributed by atoms with Crippen molar-refractivity contribution in [3.63, 3.8) is 0 Å². The first-order valence-corrected chi connectivity index (χ1v) is 9.85. The van der Waals surface area contributed by atoms with E-state index >= 15 is 0 Å². The van der Waals surface area contributed by atoms with Gasteiger partial charge in [-0.1, -0.05) is 24.8 Å². The summed E-state index contributed by atoms with van der Waals surface area (Å²) in [4.78, 5) is 20.8. The van der Waals surface area contributed by atoms with Crippen molar-refractivity contribution in [2.75, 3.05) is 6.61 Å². The van der Waals surface area contributed by atoms with Gasteiger partial charge in [-0.05, 0) is 37.3 Å². The number of hydrogen-bond donors (Lipinski definition) is 2. The molecule has 3 aromatic rings. The molecule has 3 heterocycles. The Labute approximate surface area is 171 Å². The lowest BCUT2D eigenvalue weighted by atomic mass is 10.0. The number of hydrogen-bond acceptors (Lipinski definition) is 6. The quantitative estimate of drug-likeness (QED) is 0.631. The van der Waals surface area contributed by atoms with Gasteiger partial charge in [0.15, 0.2) is 5.60 Å². The van der Waals surface area contributed by atoms with E-state index in [0.29, 0.717) is 34.9 Å². The molecule has 1 aliphatic heterocycles. The average Bonchev–Trinajstić information content (AvgIpc) is 3.12. The zero-order chi connectivity index (χ0) is 20.6. The summed E-state index contributed by atoms with van der Waals surface area (Å²) in [5, 5.41) is 20.0. The molecule has 4 rings (SSSR count). The van der Waals surface area contributed by atoms with Crippen LogP contribution in [0.1, 0.15) is 45.7 Å². The molecule has 7 heteroatoms. The number of thiazole rings is 1. The molecule has 0 fully saturated rings. The first-order valence-electron chi connectivity index (χ1n) is 9.03. The third-order valence-corrected chi connectivity index (χ3v) is 5.90. The third kappa shape index (κ3) is 3.73. The largest absolute Gasteiger partial charge is 0.492 e. The van der Waals surface area contributed by atoms with Gasteiger partial charge in [-0.25, -0.2) is 9.78 Å². The maximum absolute atomic E-state index is 11.4. The van der Waals surface area contributed by atoms with Crippen molar-refractivity contribution in [2.24, 2.45) is 0 Å². The number of carbonyl (C=O) groups is 1. The van der Waals surface area contributed by atoms with Crippen LogP contribution >= 0.6 is 11.3 Å². The van der Waals surface area contributed by atoms with Crippen LogP contribution in [0.25, 0.3) is 11.3 Å². The Kier molecular flexibility index (Phi) is 4.82. The minimum absolute atomic E-state index is 0.0300. The second kappa shape index (κ2) is 7.32. The van der Waals surface area contributed by atoms with Crippen LogP contribution in [0.2, 0.25) is 0 Å². The molecule has 6 nitrogen and oxygen atoms in total. The lowest BCUT2D eigenvalue weighted by Crippen LogP contribution is -2.19. The fourth-order valence-corrected chi connectivity index (χ4v) is 4.02. The number of benzene rings is 1. The lowest BCUT2D eigenvalue weighted by Gasteiger charge is -2.15. The maximum atomic E-state index is 11.4. The second-order valence-corrected chi connectivity index (χ2v) is 8.03. The molecule has 0 radical (unpaired) electrons. The van der Waals surface area contributed by atoms with E-state index in [9.17, 15) is 15.0 Å². The van der Waals surface area contributed by atoms with Gasteiger partial charge in [0.2, 0.25) is 5.01 Å². The summed E-state index contributed by atoms with van der Waals surface area (Å²) in [6.07, 6.45) is 1.61. The Morgan fingerprint density at radius 2 is 2.17 bits per heavy atom. The van der Waals surface area contributed by atoms with Crippen LogP contribution in [-0.4, -0.2) is 32.8 Å². The van der Waals surface area contributed by atoms with Gasteiger partial charge >= 0.3 is 5.97 Å². The highest BCUT2D eigenvalue weighted by molar-refractivity contribution is 7.14. The second-order valence-electron chi connectivity index (χ2n) is 7.00. The fourth-order valence-electron chi connectivity index (χ4n) is 3.07. The van der Waals surface area contributed by atoms with Crippen LogP contribution in [0, 0.1) is 11.8 Å². The molecular weight excluding hydrogens is 388 g/mol. The number of fused-ring (bicyclic) bond motifs is 3. The molecular formula is C22H18N2O4S. The summed E-state index contributed by atoms with van der Waals surface area (Å²) in [6, 6.07) is 10.7. The third-order valence-electron chi connectivity index (χ3n) is 4.62. The number of nitrogens with zero attached hydrogens (tertiary/aromatic N) is 2. The molecule has 1 unspecified atom stereocenters. The van der Waals surface area contributed by atoms with Gasteiger partial charge < -0.3 is 14.9 Å². The standard InChI is InChI=1S/C22H18N2O4S/c1-13-12-28-16-7-6-14(8-9-22(2,27)17-5-3-4-10-23-17)11-15(16)18-19(13)29-20(24-18)21(25)26/h3-7,10-11,13,27H,12H2,1-2H3,(H,25,26)/t13?,22-/m1/s1. The molecule has 29 heavy (non-hydrogen) atoms. The van der Waals surface area contributed by atoms with Gasteiger partial charge in [0.1, 0.15) is 5.75 Å². The number of pyridine rings is 1.